The second kappa shape index (κ2) is 9.61. The van der Waals surface area contributed by atoms with Crippen molar-refractivity contribution in [3.05, 3.63) is 29.8 Å². The van der Waals surface area contributed by atoms with Crippen LogP contribution in [0, 0.1) is 0 Å². The third-order valence-electron chi connectivity index (χ3n) is 3.51. The molecular weight excluding hydrogens is 404 g/mol. The molecule has 0 radical (unpaired) electrons. The number of halogens is 6. The number of hydrogen-bond donors (Lipinski definition) is 2. The fourth-order valence-electron chi connectivity index (χ4n) is 2.15. The van der Waals surface area contributed by atoms with Gasteiger partial charge in [-0.3, -0.25) is 0 Å². The molecular formula is C17H19F6N5O. The Bertz CT molecular complexity index is 779. The molecule has 0 bridgehead atoms. The summed E-state index contributed by atoms with van der Waals surface area (Å²) in [5.74, 6) is -0.183. The van der Waals surface area contributed by atoms with Gasteiger partial charge in [-0.05, 0) is 30.7 Å². The molecule has 0 spiro atoms. The van der Waals surface area contributed by atoms with Crippen LogP contribution in [0.15, 0.2) is 24.3 Å². The van der Waals surface area contributed by atoms with E-state index in [9.17, 15) is 26.3 Å². The van der Waals surface area contributed by atoms with Gasteiger partial charge in [0.05, 0.1) is 5.56 Å². The molecule has 0 saturated heterocycles. The molecule has 160 valence electrons. The van der Waals surface area contributed by atoms with Crippen LogP contribution in [0.3, 0.4) is 0 Å². The van der Waals surface area contributed by atoms with Crippen LogP contribution in [0.25, 0.3) is 0 Å². The monoisotopic (exact) mass is 423 g/mol. The SMILES string of the molecule is CCCCCNc1nc(Nc2ccc(C(F)(F)F)cc2)nc(OCC(F)(F)F)n1. The van der Waals surface area contributed by atoms with Crippen LogP contribution >= 0.6 is 0 Å². The second-order valence-electron chi connectivity index (χ2n) is 6.00. The largest absolute Gasteiger partial charge is 0.454 e. The van der Waals surface area contributed by atoms with E-state index in [1.165, 1.54) is 0 Å². The van der Waals surface area contributed by atoms with Crippen molar-refractivity contribution < 1.29 is 31.1 Å². The van der Waals surface area contributed by atoms with Gasteiger partial charge >= 0.3 is 18.4 Å². The minimum Gasteiger partial charge on any atom is -0.454 e. The Morgan fingerprint density at radius 1 is 0.897 bits per heavy atom. The first-order valence-corrected chi connectivity index (χ1v) is 8.70. The molecule has 0 fully saturated rings. The fourth-order valence-corrected chi connectivity index (χ4v) is 2.15. The highest BCUT2D eigenvalue weighted by atomic mass is 19.4. The van der Waals surface area contributed by atoms with Crippen LogP contribution in [-0.2, 0) is 6.18 Å². The summed E-state index contributed by atoms with van der Waals surface area (Å²) in [7, 11) is 0. The Hall–Kier alpha value is -2.79. The third-order valence-corrected chi connectivity index (χ3v) is 3.51. The van der Waals surface area contributed by atoms with E-state index in [0.29, 0.717) is 6.54 Å². The average Bonchev–Trinajstić information content (AvgIpc) is 2.63. The number of nitrogens with zero attached hydrogens (tertiary/aromatic N) is 3. The van der Waals surface area contributed by atoms with Gasteiger partial charge in [0.1, 0.15) is 0 Å². The summed E-state index contributed by atoms with van der Waals surface area (Å²) >= 11 is 0. The predicted molar refractivity (Wildman–Crippen MR) is 94.1 cm³/mol. The number of rotatable bonds is 9. The lowest BCUT2D eigenvalue weighted by Gasteiger charge is -2.12. The van der Waals surface area contributed by atoms with Crippen LogP contribution in [-0.4, -0.2) is 34.3 Å². The van der Waals surface area contributed by atoms with Gasteiger partial charge in [0.15, 0.2) is 6.61 Å². The van der Waals surface area contributed by atoms with E-state index >= 15 is 0 Å². The molecule has 0 unspecified atom stereocenters. The molecule has 0 aliphatic heterocycles. The minimum absolute atomic E-state index is 0.0114. The van der Waals surface area contributed by atoms with Gasteiger partial charge in [-0.25, -0.2) is 0 Å². The lowest BCUT2D eigenvalue weighted by molar-refractivity contribution is -0.154. The number of anilines is 3. The van der Waals surface area contributed by atoms with E-state index in [0.717, 1.165) is 43.5 Å². The first kappa shape index (κ1) is 22.5. The molecule has 2 rings (SSSR count). The summed E-state index contributed by atoms with van der Waals surface area (Å²) in [6.45, 7) is 0.903. The number of unbranched alkanes of at least 4 members (excludes halogenated alkanes) is 2. The molecule has 1 aromatic heterocycles. The molecule has 0 aliphatic rings. The standard InChI is InChI=1S/C17H19F6N5O/c1-2-3-4-9-24-13-26-14(28-15(27-13)29-10-16(18,19)20)25-12-7-5-11(6-8-12)17(21,22)23/h5-8H,2-4,9-10H2,1H3,(H2,24,25,26,27,28). The zero-order valence-electron chi connectivity index (χ0n) is 15.4. The number of nitrogens with one attached hydrogen (secondary N) is 2. The van der Waals surface area contributed by atoms with Gasteiger partial charge in [-0.15, -0.1) is 0 Å². The van der Waals surface area contributed by atoms with E-state index in [4.69, 9.17) is 0 Å². The number of hydrogen-bond acceptors (Lipinski definition) is 6. The summed E-state index contributed by atoms with van der Waals surface area (Å²) in [4.78, 5) is 11.5. The fraction of sp³-hybridized carbons (Fsp3) is 0.471. The first-order valence-electron chi connectivity index (χ1n) is 8.70. The van der Waals surface area contributed by atoms with Gasteiger partial charge in [0.25, 0.3) is 0 Å². The molecule has 1 aromatic carbocycles. The Kier molecular flexibility index (Phi) is 7.46. The highest BCUT2D eigenvalue weighted by Gasteiger charge is 2.30. The number of ether oxygens (including phenoxy) is 1. The molecule has 0 atom stereocenters. The van der Waals surface area contributed by atoms with E-state index in [1.54, 1.807) is 0 Å². The summed E-state index contributed by atoms with van der Waals surface area (Å²) in [5.41, 5.74) is -0.630. The molecule has 0 saturated carbocycles. The number of alkyl halides is 6. The molecule has 2 N–H and O–H groups in total. The van der Waals surface area contributed by atoms with Gasteiger partial charge in [-0.2, -0.15) is 41.3 Å². The highest BCUT2D eigenvalue weighted by Crippen LogP contribution is 2.30. The van der Waals surface area contributed by atoms with Crippen LogP contribution in [0.4, 0.5) is 43.9 Å². The van der Waals surface area contributed by atoms with Crippen molar-refractivity contribution >= 4 is 17.6 Å². The van der Waals surface area contributed by atoms with E-state index in [-0.39, 0.29) is 17.6 Å². The zero-order valence-corrected chi connectivity index (χ0v) is 15.4. The molecule has 6 nitrogen and oxygen atoms in total. The Balaban J connectivity index is 2.17. The van der Waals surface area contributed by atoms with Crippen LogP contribution in [0.1, 0.15) is 31.7 Å². The molecule has 12 heteroatoms. The maximum absolute atomic E-state index is 12.6. The number of benzene rings is 1. The molecule has 29 heavy (non-hydrogen) atoms. The van der Waals surface area contributed by atoms with Crippen molar-refractivity contribution in [3.63, 3.8) is 0 Å². The Morgan fingerprint density at radius 2 is 1.55 bits per heavy atom. The maximum atomic E-state index is 12.6. The van der Waals surface area contributed by atoms with Gasteiger partial charge in [0.2, 0.25) is 11.9 Å². The van der Waals surface area contributed by atoms with Gasteiger partial charge in [-0.1, -0.05) is 19.8 Å². The van der Waals surface area contributed by atoms with E-state index in [2.05, 4.69) is 30.3 Å². The molecule has 0 aliphatic carbocycles. The molecule has 1 heterocycles. The van der Waals surface area contributed by atoms with Gasteiger partial charge in [0, 0.05) is 12.2 Å². The van der Waals surface area contributed by atoms with Crippen LogP contribution in [0.5, 0.6) is 6.01 Å². The first-order chi connectivity index (χ1) is 13.6. The second-order valence-corrected chi connectivity index (χ2v) is 6.00. The Labute approximate surface area is 162 Å². The Morgan fingerprint density at radius 3 is 2.14 bits per heavy atom. The lowest BCUT2D eigenvalue weighted by atomic mass is 10.2. The molecule has 0 amide bonds. The quantitative estimate of drug-likeness (QED) is 0.428. The van der Waals surface area contributed by atoms with Crippen molar-refractivity contribution in [2.24, 2.45) is 0 Å². The van der Waals surface area contributed by atoms with Crippen molar-refractivity contribution in [2.45, 2.75) is 38.5 Å². The lowest BCUT2D eigenvalue weighted by Crippen LogP contribution is -2.21. The summed E-state index contributed by atoms with van der Waals surface area (Å²) in [5, 5.41) is 5.49. The van der Waals surface area contributed by atoms with E-state index in [1.807, 2.05) is 6.92 Å². The predicted octanol–water partition coefficient (Wildman–Crippen LogP) is 5.18. The average molecular weight is 423 g/mol. The summed E-state index contributed by atoms with van der Waals surface area (Å²) < 4.78 is 79.6. The zero-order chi connectivity index (χ0) is 21.5. The highest BCUT2D eigenvalue weighted by molar-refractivity contribution is 5.55. The van der Waals surface area contributed by atoms with Gasteiger partial charge < -0.3 is 15.4 Å². The minimum atomic E-state index is -4.58. The van der Waals surface area contributed by atoms with Crippen LogP contribution < -0.4 is 15.4 Å². The normalized spacial score (nSPS) is 12.0. The summed E-state index contributed by atoms with van der Waals surface area (Å²) in [6.07, 6.45) is -6.36. The topological polar surface area (TPSA) is 72.0 Å². The maximum Gasteiger partial charge on any atom is 0.422 e. The molecule has 2 aromatic rings. The summed E-state index contributed by atoms with van der Waals surface area (Å²) in [6, 6.07) is 3.45. The third kappa shape index (κ3) is 8.00. The van der Waals surface area contributed by atoms with Crippen molar-refractivity contribution in [3.8, 4) is 6.01 Å². The smallest absolute Gasteiger partial charge is 0.422 e. The van der Waals surface area contributed by atoms with E-state index < -0.39 is 30.5 Å². The number of aromatic nitrogens is 3. The van der Waals surface area contributed by atoms with Crippen molar-refractivity contribution in [1.82, 2.24) is 15.0 Å². The van der Waals surface area contributed by atoms with Crippen LogP contribution in [0.2, 0.25) is 0 Å². The van der Waals surface area contributed by atoms with Crippen molar-refractivity contribution in [1.29, 1.82) is 0 Å². The van der Waals surface area contributed by atoms with Crippen molar-refractivity contribution in [2.75, 3.05) is 23.8 Å².